The van der Waals surface area contributed by atoms with E-state index in [9.17, 15) is 124 Å². The minimum absolute atomic E-state index is 0.0242. The van der Waals surface area contributed by atoms with Crippen LogP contribution in [0.1, 0.15) is 33.1 Å². The molecule has 0 rings (SSSR count). The molecule has 2 unspecified atom stereocenters. The molecule has 0 aliphatic heterocycles. The molecule has 2 atom stereocenters. The van der Waals surface area contributed by atoms with E-state index >= 15 is 0 Å². The number of rotatable bonds is 22. The van der Waals surface area contributed by atoms with Crippen LogP contribution >= 0.6 is 0 Å². The van der Waals surface area contributed by atoms with Gasteiger partial charge >= 0.3 is 71.6 Å². The number of hydrogen-bond donors (Lipinski definition) is 2. The second-order valence-electron chi connectivity index (χ2n) is 11.9. The molecule has 4 nitrogen and oxygen atoms in total. The second kappa shape index (κ2) is 16.3. The maximum atomic E-state index is 14.3. The van der Waals surface area contributed by atoms with Crippen LogP contribution in [0.4, 0.5) is 114 Å². The smallest absolute Gasteiger partial charge is 0.392 e. The van der Waals surface area contributed by atoms with Crippen LogP contribution in [-0.2, 0) is 0 Å². The summed E-state index contributed by atoms with van der Waals surface area (Å²) in [5.41, 5.74) is 0. The fourth-order valence-electron chi connectivity index (χ4n) is 4.49. The van der Waals surface area contributed by atoms with Crippen molar-refractivity contribution >= 4 is 0 Å². The molecule has 0 aromatic carbocycles. The molecule has 332 valence electrons. The summed E-state index contributed by atoms with van der Waals surface area (Å²) in [5.74, 6) is -79.2. The molecule has 0 aliphatic carbocycles. The van der Waals surface area contributed by atoms with Crippen LogP contribution in [0.15, 0.2) is 0 Å². The molecule has 0 bridgehead atoms. The largest absolute Gasteiger partial charge is 0.460 e. The number of alkyl halides is 26. The molecule has 0 radical (unpaired) electrons. The van der Waals surface area contributed by atoms with Gasteiger partial charge in [-0.15, -0.1) is 0 Å². The Kier molecular flexibility index (Phi) is 15.8. The van der Waals surface area contributed by atoms with Crippen molar-refractivity contribution in [2.75, 3.05) is 39.3 Å². The van der Waals surface area contributed by atoms with Crippen LogP contribution in [0.25, 0.3) is 0 Å². The van der Waals surface area contributed by atoms with Gasteiger partial charge in [0, 0.05) is 25.9 Å². The molecule has 30 heteroatoms. The van der Waals surface area contributed by atoms with Gasteiger partial charge < -0.3 is 15.1 Å². The number of aliphatic hydroxyl groups excluding tert-OH is 2. The highest BCUT2D eigenvalue weighted by atomic mass is 19.4. The lowest BCUT2D eigenvalue weighted by molar-refractivity contribution is -0.440. The summed E-state index contributed by atoms with van der Waals surface area (Å²) in [6, 6.07) is 0. The van der Waals surface area contributed by atoms with E-state index in [4.69, 9.17) is 0 Å². The third-order valence-electron chi connectivity index (χ3n) is 7.76. The van der Waals surface area contributed by atoms with E-state index < -0.39 is 123 Å². The summed E-state index contributed by atoms with van der Waals surface area (Å²) in [4.78, 5) is 1.47. The first-order valence-corrected chi connectivity index (χ1v) is 14.6. The van der Waals surface area contributed by atoms with Crippen molar-refractivity contribution in [3.63, 3.8) is 0 Å². The van der Waals surface area contributed by atoms with Crippen LogP contribution in [0.3, 0.4) is 0 Å². The van der Waals surface area contributed by atoms with E-state index in [-0.39, 0.29) is 24.5 Å². The van der Waals surface area contributed by atoms with Gasteiger partial charge in [0.25, 0.3) is 0 Å². The van der Waals surface area contributed by atoms with Gasteiger partial charge in [-0.05, 0) is 32.6 Å². The van der Waals surface area contributed by atoms with Crippen molar-refractivity contribution < 1.29 is 124 Å². The topological polar surface area (TPSA) is 46.9 Å². The highest BCUT2D eigenvalue weighted by Crippen LogP contribution is 2.62. The van der Waals surface area contributed by atoms with E-state index in [1.165, 1.54) is 18.7 Å². The Labute approximate surface area is 291 Å². The normalized spacial score (nSPS) is 17.0. The summed E-state index contributed by atoms with van der Waals surface area (Å²) in [5, 5.41) is 19.7. The maximum absolute atomic E-state index is 14.3. The van der Waals surface area contributed by atoms with Gasteiger partial charge in [-0.1, -0.05) is 13.8 Å². The average Bonchev–Trinajstić information content (AvgIpc) is 2.96. The Morgan fingerprint density at radius 1 is 0.364 bits per heavy atom. The summed E-state index contributed by atoms with van der Waals surface area (Å²) >= 11 is 0. The highest BCUT2D eigenvalue weighted by molar-refractivity contribution is 5.12. The standard InChI is InChI=1S/C25H28F26N2O2/c1-3-52(4-2)6-5-7-53(10-12(54)8-14(26,27)16(30,31)18(34,35)20(38,39)22(42,43)24(46,47)48)11-13(55)9-15(28,29)17(32,33)19(36,37)21(40,41)23(44,45)25(49,50)51/h12-13,54-55H,3-11H2,1-2H3. The molecule has 0 spiro atoms. The van der Waals surface area contributed by atoms with E-state index in [1.54, 1.807) is 0 Å². The minimum atomic E-state index is -8.34. The molecule has 0 aromatic rings. The lowest BCUT2D eigenvalue weighted by Crippen LogP contribution is -2.70. The van der Waals surface area contributed by atoms with Crippen molar-refractivity contribution in [3.8, 4) is 0 Å². The highest BCUT2D eigenvalue weighted by Gasteiger charge is 2.92. The average molecular weight is 882 g/mol. The minimum Gasteiger partial charge on any atom is -0.392 e. The first kappa shape index (κ1) is 53.0. The van der Waals surface area contributed by atoms with Crippen LogP contribution in [0, 0.1) is 0 Å². The van der Waals surface area contributed by atoms with Crippen molar-refractivity contribution in [2.24, 2.45) is 0 Å². The molecule has 0 heterocycles. The van der Waals surface area contributed by atoms with Crippen LogP contribution < -0.4 is 0 Å². The first-order chi connectivity index (χ1) is 23.9. The number of aliphatic hydroxyl groups is 2. The Morgan fingerprint density at radius 2 is 0.600 bits per heavy atom. The molecule has 55 heavy (non-hydrogen) atoms. The van der Waals surface area contributed by atoms with Gasteiger partial charge in [0.15, 0.2) is 0 Å². The van der Waals surface area contributed by atoms with Crippen molar-refractivity contribution in [2.45, 2.75) is 117 Å². The Morgan fingerprint density at radius 3 is 0.836 bits per heavy atom. The summed E-state index contributed by atoms with van der Waals surface area (Å²) < 4.78 is 348. The van der Waals surface area contributed by atoms with E-state index in [0.717, 1.165) is 0 Å². The predicted octanol–water partition coefficient (Wildman–Crippen LogP) is 9.00. The van der Waals surface area contributed by atoms with Crippen molar-refractivity contribution in [3.05, 3.63) is 0 Å². The zero-order valence-electron chi connectivity index (χ0n) is 27.1. The van der Waals surface area contributed by atoms with Gasteiger partial charge in [-0.3, -0.25) is 4.90 Å². The third kappa shape index (κ3) is 9.67. The molecule has 0 fully saturated rings. The number of hydrogen-bond acceptors (Lipinski definition) is 4. The van der Waals surface area contributed by atoms with E-state index in [0.29, 0.717) is 0 Å². The fourth-order valence-corrected chi connectivity index (χ4v) is 4.49. The number of halogens is 26. The maximum Gasteiger partial charge on any atom is 0.460 e. The SMILES string of the molecule is CCN(CC)CCCN(CC(O)CC(F)(F)C(F)(F)C(F)(F)C(F)(F)C(F)(F)C(F)(F)F)CC(O)CC(F)(F)C(F)(F)C(F)(F)C(F)(F)C(F)(F)C(F)(F)F. The fraction of sp³-hybridized carbons (Fsp3) is 1.00. The molecule has 0 aliphatic rings. The van der Waals surface area contributed by atoms with Gasteiger partial charge in [-0.2, -0.15) is 114 Å². The number of nitrogens with zero attached hydrogens (tertiary/aromatic N) is 2. The van der Waals surface area contributed by atoms with Gasteiger partial charge in [-0.25, -0.2) is 0 Å². The zero-order chi connectivity index (χ0) is 44.7. The van der Waals surface area contributed by atoms with Gasteiger partial charge in [0.2, 0.25) is 0 Å². The molecule has 2 N–H and O–H groups in total. The zero-order valence-corrected chi connectivity index (χ0v) is 27.1. The molecule has 0 saturated heterocycles. The van der Waals surface area contributed by atoms with Gasteiger partial charge in [0.05, 0.1) is 12.2 Å². The summed E-state index contributed by atoms with van der Waals surface area (Å²) in [6.07, 6.45) is -29.5. The second-order valence-corrected chi connectivity index (χ2v) is 11.9. The Balaban J connectivity index is 6.56. The Bertz CT molecular complexity index is 1140. The third-order valence-corrected chi connectivity index (χ3v) is 7.76. The first-order valence-electron chi connectivity index (χ1n) is 14.6. The van der Waals surface area contributed by atoms with Gasteiger partial charge in [0.1, 0.15) is 0 Å². The van der Waals surface area contributed by atoms with Crippen LogP contribution in [0.5, 0.6) is 0 Å². The van der Waals surface area contributed by atoms with Crippen LogP contribution in [-0.4, -0.2) is 143 Å². The van der Waals surface area contributed by atoms with Crippen molar-refractivity contribution in [1.29, 1.82) is 0 Å². The van der Waals surface area contributed by atoms with Crippen LogP contribution in [0.2, 0.25) is 0 Å². The molecule has 0 amide bonds. The molecular weight excluding hydrogens is 854 g/mol. The lowest BCUT2D eigenvalue weighted by atomic mass is 9.91. The molecule has 0 aromatic heterocycles. The Hall–Kier alpha value is -1.98. The summed E-state index contributed by atoms with van der Waals surface area (Å²) in [6.45, 7) is -1.72. The predicted molar refractivity (Wildman–Crippen MR) is 132 cm³/mol. The monoisotopic (exact) mass is 882 g/mol. The summed E-state index contributed by atoms with van der Waals surface area (Å²) in [7, 11) is 0. The van der Waals surface area contributed by atoms with E-state index in [2.05, 4.69) is 0 Å². The van der Waals surface area contributed by atoms with Crippen molar-refractivity contribution in [1.82, 2.24) is 9.80 Å². The molecular formula is C25H28F26N2O2. The van der Waals surface area contributed by atoms with E-state index in [1.807, 2.05) is 0 Å². The molecule has 0 saturated carbocycles. The quantitative estimate of drug-likeness (QED) is 0.107. The lowest BCUT2D eigenvalue weighted by Gasteiger charge is -2.40.